The maximum atomic E-state index is 12.5. The largest absolute Gasteiger partial charge is 0.482 e. The smallest absolute Gasteiger partial charge is 0.263 e. The Morgan fingerprint density at radius 2 is 2.04 bits per heavy atom. The summed E-state index contributed by atoms with van der Waals surface area (Å²) in [7, 11) is -3.88. The number of hydrogen-bond donors (Lipinski definition) is 2. The predicted octanol–water partition coefficient (Wildman–Crippen LogP) is 2.78. The van der Waals surface area contributed by atoms with E-state index in [4.69, 9.17) is 16.3 Å². The molecule has 0 spiro atoms. The van der Waals surface area contributed by atoms with E-state index in [0.717, 1.165) is 5.56 Å². The highest BCUT2D eigenvalue weighted by Gasteiger charge is 2.24. The van der Waals surface area contributed by atoms with Gasteiger partial charge in [-0.05, 0) is 30.7 Å². The summed E-state index contributed by atoms with van der Waals surface area (Å²) < 4.78 is 32.8. The minimum atomic E-state index is -3.88. The van der Waals surface area contributed by atoms with Crippen LogP contribution in [-0.4, -0.2) is 20.9 Å². The van der Waals surface area contributed by atoms with Gasteiger partial charge in [-0.25, -0.2) is 8.42 Å². The van der Waals surface area contributed by atoms with Crippen LogP contribution in [0.2, 0.25) is 5.02 Å². The van der Waals surface area contributed by atoms with Gasteiger partial charge in [0.25, 0.3) is 15.9 Å². The van der Waals surface area contributed by atoms with Crippen molar-refractivity contribution < 1.29 is 17.9 Å². The average molecular weight is 353 g/mol. The highest BCUT2D eigenvalue weighted by Crippen LogP contribution is 2.36. The second kappa shape index (κ2) is 5.75. The molecule has 0 atom stereocenters. The van der Waals surface area contributed by atoms with Crippen molar-refractivity contribution in [2.75, 3.05) is 16.6 Å². The number of halogens is 1. The Balaban J connectivity index is 1.98. The van der Waals surface area contributed by atoms with Crippen molar-refractivity contribution in [2.24, 2.45) is 0 Å². The van der Waals surface area contributed by atoms with Crippen LogP contribution in [0.25, 0.3) is 0 Å². The Labute approximate surface area is 138 Å². The zero-order valence-electron chi connectivity index (χ0n) is 12.1. The van der Waals surface area contributed by atoms with E-state index in [2.05, 4.69) is 10.0 Å². The molecule has 0 fully saturated rings. The molecule has 0 radical (unpaired) electrons. The number of rotatable bonds is 3. The Kier molecular flexibility index (Phi) is 3.91. The van der Waals surface area contributed by atoms with Crippen LogP contribution < -0.4 is 14.8 Å². The van der Waals surface area contributed by atoms with E-state index in [-0.39, 0.29) is 28.2 Å². The Morgan fingerprint density at radius 1 is 1.26 bits per heavy atom. The summed E-state index contributed by atoms with van der Waals surface area (Å²) in [6.45, 7) is 1.69. The van der Waals surface area contributed by atoms with Crippen LogP contribution in [0.1, 0.15) is 5.56 Å². The molecule has 8 heteroatoms. The predicted molar refractivity (Wildman–Crippen MR) is 87.6 cm³/mol. The van der Waals surface area contributed by atoms with E-state index < -0.39 is 10.0 Å². The van der Waals surface area contributed by atoms with E-state index in [9.17, 15) is 13.2 Å². The van der Waals surface area contributed by atoms with Gasteiger partial charge in [-0.2, -0.15) is 0 Å². The number of amides is 1. The molecule has 0 aromatic heterocycles. The highest BCUT2D eigenvalue weighted by molar-refractivity contribution is 7.92. The number of sulfonamides is 1. The first-order valence-electron chi connectivity index (χ1n) is 6.71. The Morgan fingerprint density at radius 3 is 2.78 bits per heavy atom. The quantitative estimate of drug-likeness (QED) is 0.889. The van der Waals surface area contributed by atoms with Crippen LogP contribution >= 0.6 is 11.6 Å². The molecule has 0 saturated heterocycles. The number of hydrogen-bond acceptors (Lipinski definition) is 4. The number of benzene rings is 2. The summed E-state index contributed by atoms with van der Waals surface area (Å²) in [4.78, 5) is 11.2. The van der Waals surface area contributed by atoms with Gasteiger partial charge in [0.05, 0.1) is 10.7 Å². The molecule has 1 amide bonds. The maximum absolute atomic E-state index is 12.5. The molecule has 1 heterocycles. The molecule has 0 aliphatic carbocycles. The SMILES string of the molecule is Cc1cccc(NS(=O)(=O)c2cc3c(cc2Cl)NC(=O)CO3)c1. The minimum Gasteiger partial charge on any atom is -0.482 e. The van der Waals surface area contributed by atoms with Gasteiger partial charge in [0.15, 0.2) is 6.61 Å². The van der Waals surface area contributed by atoms with Crippen LogP contribution in [0, 0.1) is 6.92 Å². The van der Waals surface area contributed by atoms with Gasteiger partial charge in [0.1, 0.15) is 10.6 Å². The molecule has 120 valence electrons. The van der Waals surface area contributed by atoms with Crippen LogP contribution in [0.3, 0.4) is 0 Å². The first-order valence-corrected chi connectivity index (χ1v) is 8.57. The molecule has 0 saturated carbocycles. The summed E-state index contributed by atoms with van der Waals surface area (Å²) in [6.07, 6.45) is 0. The molecule has 6 nitrogen and oxygen atoms in total. The van der Waals surface area contributed by atoms with Crippen LogP contribution in [0.4, 0.5) is 11.4 Å². The lowest BCUT2D eigenvalue weighted by atomic mass is 10.2. The van der Waals surface area contributed by atoms with Crippen LogP contribution in [0.15, 0.2) is 41.3 Å². The van der Waals surface area contributed by atoms with Gasteiger partial charge < -0.3 is 10.1 Å². The molecule has 0 unspecified atom stereocenters. The van der Waals surface area contributed by atoms with E-state index in [1.807, 2.05) is 13.0 Å². The number of carbonyl (C=O) groups excluding carboxylic acids is 1. The topological polar surface area (TPSA) is 84.5 Å². The van der Waals surface area contributed by atoms with Gasteiger partial charge in [-0.1, -0.05) is 23.7 Å². The number of aryl methyl sites for hydroxylation is 1. The van der Waals surface area contributed by atoms with Crippen molar-refractivity contribution in [1.29, 1.82) is 0 Å². The fraction of sp³-hybridized carbons (Fsp3) is 0.133. The lowest BCUT2D eigenvalue weighted by Gasteiger charge is -2.19. The second-order valence-electron chi connectivity index (χ2n) is 5.09. The zero-order chi connectivity index (χ0) is 16.6. The third kappa shape index (κ3) is 3.25. The Hall–Kier alpha value is -2.25. The first kappa shape index (κ1) is 15.6. The van der Waals surface area contributed by atoms with Crippen molar-refractivity contribution in [1.82, 2.24) is 0 Å². The van der Waals surface area contributed by atoms with Gasteiger partial charge in [0, 0.05) is 11.8 Å². The van der Waals surface area contributed by atoms with Crippen molar-refractivity contribution in [3.05, 3.63) is 47.0 Å². The van der Waals surface area contributed by atoms with Gasteiger partial charge in [0.2, 0.25) is 0 Å². The standard InChI is InChI=1S/C15H13ClN2O4S/c1-9-3-2-4-10(5-9)18-23(20,21)14-7-13-12(6-11(14)16)17-15(19)8-22-13/h2-7,18H,8H2,1H3,(H,17,19). The summed E-state index contributed by atoms with van der Waals surface area (Å²) in [5, 5.41) is 2.57. The molecule has 23 heavy (non-hydrogen) atoms. The number of fused-ring (bicyclic) bond motifs is 1. The van der Waals surface area contributed by atoms with E-state index in [0.29, 0.717) is 11.4 Å². The molecule has 2 aromatic carbocycles. The molecule has 1 aliphatic heterocycles. The summed E-state index contributed by atoms with van der Waals surface area (Å²) in [5.41, 5.74) is 1.71. The van der Waals surface area contributed by atoms with E-state index in [1.54, 1.807) is 18.2 Å². The third-order valence-corrected chi connectivity index (χ3v) is 5.07. The third-order valence-electron chi connectivity index (χ3n) is 3.23. The van der Waals surface area contributed by atoms with Crippen molar-refractivity contribution >= 4 is 38.9 Å². The number of anilines is 2. The maximum Gasteiger partial charge on any atom is 0.263 e. The zero-order valence-corrected chi connectivity index (χ0v) is 13.7. The van der Waals surface area contributed by atoms with E-state index >= 15 is 0 Å². The second-order valence-corrected chi connectivity index (χ2v) is 7.15. The van der Waals surface area contributed by atoms with Crippen molar-refractivity contribution in [3.8, 4) is 5.75 Å². The average Bonchev–Trinajstić information content (AvgIpc) is 2.45. The fourth-order valence-electron chi connectivity index (χ4n) is 2.21. The molecule has 2 aromatic rings. The molecule has 1 aliphatic rings. The summed E-state index contributed by atoms with van der Waals surface area (Å²) in [5.74, 6) is -0.0549. The molecule has 3 rings (SSSR count). The summed E-state index contributed by atoms with van der Waals surface area (Å²) >= 11 is 6.06. The van der Waals surface area contributed by atoms with Gasteiger partial charge >= 0.3 is 0 Å². The lowest BCUT2D eigenvalue weighted by molar-refractivity contribution is -0.118. The highest BCUT2D eigenvalue weighted by atomic mass is 35.5. The Bertz CT molecular complexity index is 896. The molecular weight excluding hydrogens is 340 g/mol. The number of ether oxygens (including phenoxy) is 1. The first-order chi connectivity index (χ1) is 10.8. The summed E-state index contributed by atoms with van der Waals surface area (Å²) in [6, 6.07) is 9.63. The van der Waals surface area contributed by atoms with Crippen LogP contribution in [0.5, 0.6) is 5.75 Å². The number of nitrogens with one attached hydrogen (secondary N) is 2. The van der Waals surface area contributed by atoms with E-state index in [1.165, 1.54) is 12.1 Å². The van der Waals surface area contributed by atoms with Crippen LogP contribution in [-0.2, 0) is 14.8 Å². The number of carbonyl (C=O) groups is 1. The molecule has 0 bridgehead atoms. The van der Waals surface area contributed by atoms with Crippen molar-refractivity contribution in [3.63, 3.8) is 0 Å². The molecule has 2 N–H and O–H groups in total. The van der Waals surface area contributed by atoms with Gasteiger partial charge in [-0.3, -0.25) is 9.52 Å². The fourth-order valence-corrected chi connectivity index (χ4v) is 3.80. The lowest BCUT2D eigenvalue weighted by Crippen LogP contribution is -2.25. The minimum absolute atomic E-state index is 0.00490. The normalized spacial score (nSPS) is 13.7. The van der Waals surface area contributed by atoms with Crippen molar-refractivity contribution in [2.45, 2.75) is 11.8 Å². The van der Waals surface area contributed by atoms with Gasteiger partial charge in [-0.15, -0.1) is 0 Å². The monoisotopic (exact) mass is 352 g/mol. The molecular formula is C15H13ClN2O4S.